The molecule has 0 spiro atoms. The van der Waals surface area contributed by atoms with Gasteiger partial charge in [-0.05, 0) is 31.1 Å². The van der Waals surface area contributed by atoms with E-state index in [0.717, 1.165) is 19.3 Å². The van der Waals surface area contributed by atoms with Crippen molar-refractivity contribution in [3.63, 3.8) is 0 Å². The molecule has 0 radical (unpaired) electrons. The molecule has 0 aromatic carbocycles. The number of carbonyl (C=O) groups excluding carboxylic acids is 1. The fraction of sp³-hybridized carbons (Fsp3) is 0.786. The first kappa shape index (κ1) is 12.5. The van der Waals surface area contributed by atoms with E-state index in [1.165, 1.54) is 5.57 Å². The minimum atomic E-state index is 0.225. The summed E-state index contributed by atoms with van der Waals surface area (Å²) >= 11 is 0. The van der Waals surface area contributed by atoms with Crippen LogP contribution in [0.25, 0.3) is 0 Å². The lowest BCUT2D eigenvalue weighted by atomic mass is 9.74. The monoisotopic (exact) mass is 208 g/mol. The summed E-state index contributed by atoms with van der Waals surface area (Å²) in [6.45, 7) is 10.9. The molecule has 0 amide bonds. The van der Waals surface area contributed by atoms with Crippen LogP contribution in [-0.4, -0.2) is 5.78 Å². The molecule has 15 heavy (non-hydrogen) atoms. The topological polar surface area (TPSA) is 17.1 Å². The first-order valence-electron chi connectivity index (χ1n) is 6.09. The molecule has 86 valence electrons. The fourth-order valence-corrected chi connectivity index (χ4v) is 2.21. The molecule has 0 saturated carbocycles. The molecule has 1 heteroatoms. The van der Waals surface area contributed by atoms with Crippen molar-refractivity contribution in [2.24, 2.45) is 17.3 Å². The molecule has 1 nitrogen and oxygen atoms in total. The van der Waals surface area contributed by atoms with Crippen LogP contribution < -0.4 is 0 Å². The van der Waals surface area contributed by atoms with E-state index in [1.807, 2.05) is 6.92 Å². The molecular weight excluding hydrogens is 184 g/mol. The average Bonchev–Trinajstić information content (AvgIpc) is 2.43. The molecule has 0 aliphatic heterocycles. The normalized spacial score (nSPS) is 26.2. The van der Waals surface area contributed by atoms with Crippen molar-refractivity contribution in [1.29, 1.82) is 0 Å². The Balaban J connectivity index is 2.59. The standard InChI is InChI=1S/C14H24O/c1-6-10(2)13(15)9-12-8-7-11(3)14(12,4)5/h7,10,12H,6,8-9H2,1-5H3. The maximum absolute atomic E-state index is 11.9. The van der Waals surface area contributed by atoms with Gasteiger partial charge in [-0.3, -0.25) is 4.79 Å². The van der Waals surface area contributed by atoms with Crippen LogP contribution in [0.2, 0.25) is 0 Å². The summed E-state index contributed by atoms with van der Waals surface area (Å²) in [7, 11) is 0. The van der Waals surface area contributed by atoms with Crippen LogP contribution in [0.5, 0.6) is 0 Å². The molecule has 0 N–H and O–H groups in total. The third-order valence-electron chi connectivity index (χ3n) is 4.36. The van der Waals surface area contributed by atoms with Gasteiger partial charge in [0.1, 0.15) is 5.78 Å². The van der Waals surface area contributed by atoms with Crippen LogP contribution in [0.15, 0.2) is 11.6 Å². The number of ketones is 1. The van der Waals surface area contributed by atoms with E-state index < -0.39 is 0 Å². The van der Waals surface area contributed by atoms with Crippen molar-refractivity contribution in [3.8, 4) is 0 Å². The van der Waals surface area contributed by atoms with Gasteiger partial charge in [-0.2, -0.15) is 0 Å². The predicted molar refractivity (Wildman–Crippen MR) is 64.7 cm³/mol. The van der Waals surface area contributed by atoms with E-state index in [1.54, 1.807) is 0 Å². The second-order valence-corrected chi connectivity index (χ2v) is 5.52. The number of carbonyl (C=O) groups is 1. The second-order valence-electron chi connectivity index (χ2n) is 5.52. The fourth-order valence-electron chi connectivity index (χ4n) is 2.21. The van der Waals surface area contributed by atoms with Gasteiger partial charge in [0.05, 0.1) is 0 Å². The maximum atomic E-state index is 11.9. The quantitative estimate of drug-likeness (QED) is 0.639. The van der Waals surface area contributed by atoms with Gasteiger partial charge >= 0.3 is 0 Å². The lowest BCUT2D eigenvalue weighted by Gasteiger charge is -2.29. The average molecular weight is 208 g/mol. The highest BCUT2D eigenvalue weighted by atomic mass is 16.1. The summed E-state index contributed by atoms with van der Waals surface area (Å²) in [5.41, 5.74) is 1.67. The zero-order valence-corrected chi connectivity index (χ0v) is 10.8. The van der Waals surface area contributed by atoms with Gasteiger partial charge in [0.15, 0.2) is 0 Å². The maximum Gasteiger partial charge on any atom is 0.136 e. The summed E-state index contributed by atoms with van der Waals surface area (Å²) < 4.78 is 0. The Bertz CT molecular complexity index is 273. The Kier molecular flexibility index (Phi) is 3.75. The zero-order chi connectivity index (χ0) is 11.6. The van der Waals surface area contributed by atoms with Gasteiger partial charge in [-0.25, -0.2) is 0 Å². The largest absolute Gasteiger partial charge is 0.299 e. The second kappa shape index (κ2) is 4.51. The molecule has 0 fully saturated rings. The molecule has 0 aromatic heterocycles. The first-order chi connectivity index (χ1) is 6.89. The minimum absolute atomic E-state index is 0.225. The smallest absolute Gasteiger partial charge is 0.136 e. The van der Waals surface area contributed by atoms with Crippen LogP contribution in [-0.2, 0) is 4.79 Å². The summed E-state index contributed by atoms with van der Waals surface area (Å²) in [6.07, 6.45) is 5.11. The van der Waals surface area contributed by atoms with E-state index in [-0.39, 0.29) is 11.3 Å². The molecule has 2 atom stereocenters. The Morgan fingerprint density at radius 3 is 2.60 bits per heavy atom. The lowest BCUT2D eigenvalue weighted by Crippen LogP contribution is -2.25. The highest BCUT2D eigenvalue weighted by Crippen LogP contribution is 2.45. The number of rotatable bonds is 4. The van der Waals surface area contributed by atoms with Gasteiger partial charge in [0, 0.05) is 12.3 Å². The Labute approximate surface area is 93.9 Å². The molecule has 0 aromatic rings. The number of Topliss-reactive ketones (excluding diaryl/α,β-unsaturated/α-hetero) is 1. The van der Waals surface area contributed by atoms with Gasteiger partial charge in [-0.15, -0.1) is 0 Å². The first-order valence-corrected chi connectivity index (χ1v) is 6.09. The number of hydrogen-bond donors (Lipinski definition) is 0. The molecular formula is C14H24O. The third kappa shape index (κ3) is 2.50. The van der Waals surface area contributed by atoms with E-state index in [4.69, 9.17) is 0 Å². The Morgan fingerprint density at radius 2 is 2.20 bits per heavy atom. The summed E-state index contributed by atoms with van der Waals surface area (Å²) in [5.74, 6) is 1.21. The van der Waals surface area contributed by atoms with Crippen LogP contribution in [0.1, 0.15) is 53.9 Å². The lowest BCUT2D eigenvalue weighted by molar-refractivity contribution is -0.124. The molecule has 1 aliphatic rings. The van der Waals surface area contributed by atoms with Crippen molar-refractivity contribution < 1.29 is 4.79 Å². The molecule has 2 unspecified atom stereocenters. The Morgan fingerprint density at radius 1 is 1.60 bits per heavy atom. The highest BCUT2D eigenvalue weighted by Gasteiger charge is 2.36. The SMILES string of the molecule is CCC(C)C(=O)CC1CC=C(C)C1(C)C. The molecule has 1 rings (SSSR count). The predicted octanol–water partition coefficient (Wildman–Crippen LogP) is 3.98. The number of allylic oxidation sites excluding steroid dienone is 2. The van der Waals surface area contributed by atoms with E-state index in [2.05, 4.69) is 33.8 Å². The highest BCUT2D eigenvalue weighted by molar-refractivity contribution is 5.81. The van der Waals surface area contributed by atoms with Crippen molar-refractivity contribution in [3.05, 3.63) is 11.6 Å². The summed E-state index contributed by atoms with van der Waals surface area (Å²) in [6, 6.07) is 0. The van der Waals surface area contributed by atoms with Crippen molar-refractivity contribution >= 4 is 5.78 Å². The minimum Gasteiger partial charge on any atom is -0.299 e. The van der Waals surface area contributed by atoms with Crippen LogP contribution in [0.4, 0.5) is 0 Å². The van der Waals surface area contributed by atoms with Gasteiger partial charge in [-0.1, -0.05) is 39.3 Å². The van der Waals surface area contributed by atoms with Crippen molar-refractivity contribution in [2.75, 3.05) is 0 Å². The van der Waals surface area contributed by atoms with Crippen molar-refractivity contribution in [1.82, 2.24) is 0 Å². The molecule has 0 bridgehead atoms. The van der Waals surface area contributed by atoms with Crippen LogP contribution in [0, 0.1) is 17.3 Å². The molecule has 1 aliphatic carbocycles. The Hall–Kier alpha value is -0.590. The molecule has 0 heterocycles. The summed E-state index contributed by atoms with van der Waals surface area (Å²) in [5, 5.41) is 0. The van der Waals surface area contributed by atoms with E-state index in [0.29, 0.717) is 11.7 Å². The third-order valence-corrected chi connectivity index (χ3v) is 4.36. The van der Waals surface area contributed by atoms with Gasteiger partial charge in [0.25, 0.3) is 0 Å². The van der Waals surface area contributed by atoms with E-state index in [9.17, 15) is 4.79 Å². The summed E-state index contributed by atoms with van der Waals surface area (Å²) in [4.78, 5) is 11.9. The van der Waals surface area contributed by atoms with Crippen LogP contribution >= 0.6 is 0 Å². The zero-order valence-electron chi connectivity index (χ0n) is 10.8. The molecule has 0 saturated heterocycles. The van der Waals surface area contributed by atoms with Gasteiger partial charge in [0.2, 0.25) is 0 Å². The van der Waals surface area contributed by atoms with E-state index >= 15 is 0 Å². The van der Waals surface area contributed by atoms with Gasteiger partial charge < -0.3 is 0 Å². The van der Waals surface area contributed by atoms with Crippen LogP contribution in [0.3, 0.4) is 0 Å². The number of hydrogen-bond acceptors (Lipinski definition) is 1. The van der Waals surface area contributed by atoms with Crippen molar-refractivity contribution in [2.45, 2.75) is 53.9 Å².